The van der Waals surface area contributed by atoms with Gasteiger partial charge in [0.2, 0.25) is 5.91 Å². The maximum Gasteiger partial charge on any atom is 0.227 e. The van der Waals surface area contributed by atoms with Crippen LogP contribution in [-0.2, 0) is 10.2 Å². The maximum absolute atomic E-state index is 13.0. The van der Waals surface area contributed by atoms with Crippen molar-refractivity contribution in [2.45, 2.75) is 24.7 Å². The van der Waals surface area contributed by atoms with E-state index in [1.165, 1.54) is 11.1 Å². The highest BCUT2D eigenvalue weighted by Gasteiger charge is 2.41. The van der Waals surface area contributed by atoms with E-state index in [0.29, 0.717) is 5.91 Å². The Morgan fingerprint density at radius 3 is 2.15 bits per heavy atom. The number of carbonyl (C=O) groups excluding carboxylic acids is 1. The molecule has 1 N–H and O–H groups in total. The van der Waals surface area contributed by atoms with E-state index in [0.717, 1.165) is 45.4 Å². The van der Waals surface area contributed by atoms with Crippen molar-refractivity contribution in [3.63, 3.8) is 0 Å². The van der Waals surface area contributed by atoms with E-state index >= 15 is 0 Å². The van der Waals surface area contributed by atoms with Crippen molar-refractivity contribution < 1.29 is 4.79 Å². The van der Waals surface area contributed by atoms with Gasteiger partial charge in [0.1, 0.15) is 0 Å². The van der Waals surface area contributed by atoms with Gasteiger partial charge in [0, 0.05) is 25.0 Å². The second kappa shape index (κ2) is 8.24. The molecule has 2 aromatic carbocycles. The van der Waals surface area contributed by atoms with Crippen LogP contribution in [0.4, 0.5) is 0 Å². The Labute approximate surface area is 162 Å². The number of nitrogens with zero attached hydrogens (tertiary/aromatic N) is 1. The van der Waals surface area contributed by atoms with Gasteiger partial charge in [0.25, 0.3) is 0 Å². The van der Waals surface area contributed by atoms with Gasteiger partial charge in [0.05, 0.1) is 5.92 Å². The van der Waals surface area contributed by atoms with Crippen LogP contribution in [0.25, 0.3) is 0 Å². The molecule has 2 aliphatic heterocycles. The summed E-state index contributed by atoms with van der Waals surface area (Å²) in [4.78, 5) is 15.2. The van der Waals surface area contributed by atoms with Gasteiger partial charge in [-0.1, -0.05) is 60.7 Å². The molecule has 0 aromatic heterocycles. The topological polar surface area (TPSA) is 32.3 Å². The average Bonchev–Trinajstić information content (AvgIpc) is 3.23. The summed E-state index contributed by atoms with van der Waals surface area (Å²) in [6, 6.07) is 21.5. The van der Waals surface area contributed by atoms with E-state index in [1.54, 1.807) is 0 Å². The van der Waals surface area contributed by atoms with Gasteiger partial charge < -0.3 is 10.2 Å². The van der Waals surface area contributed by atoms with E-state index in [1.807, 2.05) is 0 Å². The molecule has 0 spiro atoms. The molecule has 0 bridgehead atoms. The van der Waals surface area contributed by atoms with Gasteiger partial charge in [-0.05, 0) is 36.9 Å². The number of piperidine rings is 1. The minimum Gasteiger partial charge on any atom is -0.341 e. The minimum absolute atomic E-state index is 0. The number of nitrogens with one attached hydrogen (secondary N) is 1. The Balaban J connectivity index is 0.00000196. The van der Waals surface area contributed by atoms with E-state index in [4.69, 9.17) is 0 Å². The molecule has 0 saturated carbocycles. The van der Waals surface area contributed by atoms with Gasteiger partial charge in [-0.25, -0.2) is 0 Å². The predicted molar refractivity (Wildman–Crippen MR) is 108 cm³/mol. The summed E-state index contributed by atoms with van der Waals surface area (Å²) < 4.78 is 0. The Kier molecular flexibility index (Phi) is 6.00. The molecule has 4 rings (SSSR count). The maximum atomic E-state index is 13.0. The van der Waals surface area contributed by atoms with Crippen molar-refractivity contribution in [1.29, 1.82) is 0 Å². The molecule has 0 aliphatic carbocycles. The van der Waals surface area contributed by atoms with Crippen LogP contribution in [0, 0.1) is 5.92 Å². The molecule has 1 atom stereocenters. The first kappa shape index (κ1) is 18.9. The Hall–Kier alpha value is -1.84. The fourth-order valence-corrected chi connectivity index (χ4v) is 4.52. The standard InChI is InChI=1S/C22H26N2O.ClH/c25-21(18-12-14-23-16-18)24-15-7-13-22(17-24,19-8-3-1-4-9-19)20-10-5-2-6-11-20;/h1-6,8-11,18,23H,7,12-17H2;1H. The average molecular weight is 371 g/mol. The first-order chi connectivity index (χ1) is 12.3. The van der Waals surface area contributed by atoms with E-state index in [-0.39, 0.29) is 23.7 Å². The fourth-order valence-electron chi connectivity index (χ4n) is 4.52. The molecule has 26 heavy (non-hydrogen) atoms. The van der Waals surface area contributed by atoms with Crippen LogP contribution >= 0.6 is 12.4 Å². The highest BCUT2D eigenvalue weighted by atomic mass is 35.5. The number of halogens is 1. The van der Waals surface area contributed by atoms with Crippen LogP contribution in [0.5, 0.6) is 0 Å². The number of hydrogen-bond donors (Lipinski definition) is 1. The van der Waals surface area contributed by atoms with Crippen LogP contribution in [0.2, 0.25) is 0 Å². The normalized spacial score (nSPS) is 21.8. The zero-order chi connectivity index (χ0) is 17.1. The summed E-state index contributed by atoms with van der Waals surface area (Å²) in [5, 5.41) is 3.33. The summed E-state index contributed by atoms with van der Waals surface area (Å²) in [6.07, 6.45) is 3.11. The van der Waals surface area contributed by atoms with Crippen molar-refractivity contribution in [1.82, 2.24) is 10.2 Å². The minimum atomic E-state index is -0.0948. The van der Waals surface area contributed by atoms with Gasteiger partial charge in [0.15, 0.2) is 0 Å². The van der Waals surface area contributed by atoms with Crippen molar-refractivity contribution in [3.8, 4) is 0 Å². The van der Waals surface area contributed by atoms with Crippen LogP contribution in [0.3, 0.4) is 0 Å². The smallest absolute Gasteiger partial charge is 0.227 e. The highest BCUT2D eigenvalue weighted by molar-refractivity contribution is 5.85. The second-order valence-electron chi connectivity index (χ2n) is 7.37. The Morgan fingerprint density at radius 2 is 1.62 bits per heavy atom. The molecule has 2 aromatic rings. The molecular formula is C22H27ClN2O. The fraction of sp³-hybridized carbons (Fsp3) is 0.409. The van der Waals surface area contributed by atoms with Crippen LogP contribution in [0.1, 0.15) is 30.4 Å². The molecular weight excluding hydrogens is 344 g/mol. The molecule has 3 nitrogen and oxygen atoms in total. The quantitative estimate of drug-likeness (QED) is 0.894. The van der Waals surface area contributed by atoms with Gasteiger partial charge in [-0.2, -0.15) is 0 Å². The molecule has 0 radical (unpaired) electrons. The lowest BCUT2D eigenvalue weighted by atomic mass is 9.69. The van der Waals surface area contributed by atoms with Crippen molar-refractivity contribution in [2.24, 2.45) is 5.92 Å². The summed E-state index contributed by atoms with van der Waals surface area (Å²) in [6.45, 7) is 3.47. The predicted octanol–water partition coefficient (Wildman–Crippen LogP) is 3.63. The summed E-state index contributed by atoms with van der Waals surface area (Å²) >= 11 is 0. The van der Waals surface area contributed by atoms with Crippen LogP contribution in [0.15, 0.2) is 60.7 Å². The largest absolute Gasteiger partial charge is 0.341 e. The van der Waals surface area contributed by atoms with Crippen molar-refractivity contribution in [2.75, 3.05) is 26.2 Å². The first-order valence-electron chi connectivity index (χ1n) is 9.40. The molecule has 1 unspecified atom stereocenters. The van der Waals surface area contributed by atoms with Gasteiger partial charge in [-0.3, -0.25) is 4.79 Å². The Bertz CT molecular complexity index is 674. The number of likely N-dealkylation sites (tertiary alicyclic amines) is 1. The third kappa shape index (κ3) is 3.51. The molecule has 2 aliphatic rings. The third-order valence-corrected chi connectivity index (χ3v) is 5.87. The van der Waals surface area contributed by atoms with Crippen molar-refractivity contribution >= 4 is 18.3 Å². The van der Waals surface area contributed by atoms with E-state index in [9.17, 15) is 4.79 Å². The van der Waals surface area contributed by atoms with Gasteiger partial charge in [-0.15, -0.1) is 12.4 Å². The van der Waals surface area contributed by atoms with E-state index < -0.39 is 0 Å². The molecule has 2 fully saturated rings. The summed E-state index contributed by atoms with van der Waals surface area (Å²) in [7, 11) is 0. The number of carbonyl (C=O) groups is 1. The third-order valence-electron chi connectivity index (χ3n) is 5.87. The number of rotatable bonds is 3. The number of amides is 1. The number of benzene rings is 2. The second-order valence-corrected chi connectivity index (χ2v) is 7.37. The lowest BCUT2D eigenvalue weighted by molar-refractivity contribution is -0.136. The lowest BCUT2D eigenvalue weighted by Crippen LogP contribution is -2.51. The first-order valence-corrected chi connectivity index (χ1v) is 9.40. The lowest BCUT2D eigenvalue weighted by Gasteiger charge is -2.44. The molecule has 1 amide bonds. The highest BCUT2D eigenvalue weighted by Crippen LogP contribution is 2.40. The van der Waals surface area contributed by atoms with Gasteiger partial charge >= 0.3 is 0 Å². The molecule has 2 heterocycles. The molecule has 138 valence electrons. The number of hydrogen-bond acceptors (Lipinski definition) is 2. The van der Waals surface area contributed by atoms with Crippen molar-refractivity contribution in [3.05, 3.63) is 71.8 Å². The van der Waals surface area contributed by atoms with E-state index in [2.05, 4.69) is 70.9 Å². The molecule has 2 saturated heterocycles. The summed E-state index contributed by atoms with van der Waals surface area (Å²) in [5.41, 5.74) is 2.55. The SMILES string of the molecule is Cl.O=C(C1CCNC1)N1CCCC(c2ccccc2)(c2ccccc2)C1. The Morgan fingerprint density at radius 1 is 1.00 bits per heavy atom. The zero-order valence-corrected chi connectivity index (χ0v) is 15.9. The molecule has 4 heteroatoms. The van der Waals surface area contributed by atoms with Crippen LogP contribution in [-0.4, -0.2) is 37.0 Å². The zero-order valence-electron chi connectivity index (χ0n) is 15.1. The van der Waals surface area contributed by atoms with Crippen LogP contribution < -0.4 is 5.32 Å². The monoisotopic (exact) mass is 370 g/mol. The summed E-state index contributed by atoms with van der Waals surface area (Å²) in [5.74, 6) is 0.489.